The van der Waals surface area contributed by atoms with Crippen molar-refractivity contribution < 1.29 is 14.3 Å². The first kappa shape index (κ1) is 19.4. The predicted octanol–water partition coefficient (Wildman–Crippen LogP) is 5.02. The zero-order chi connectivity index (χ0) is 19.2. The van der Waals surface area contributed by atoms with Crippen LogP contribution in [0.5, 0.6) is 11.5 Å². The van der Waals surface area contributed by atoms with Crippen molar-refractivity contribution in [3.63, 3.8) is 0 Å². The van der Waals surface area contributed by atoms with Crippen molar-refractivity contribution in [2.75, 3.05) is 25.2 Å². The summed E-state index contributed by atoms with van der Waals surface area (Å²) in [5, 5.41) is 0.476. The Morgan fingerprint density at radius 2 is 2.07 bits per heavy atom. The van der Waals surface area contributed by atoms with Gasteiger partial charge in [0.25, 0.3) is 5.91 Å². The molecule has 0 saturated heterocycles. The van der Waals surface area contributed by atoms with E-state index >= 15 is 0 Å². The number of fused-ring (bicyclic) bond motifs is 1. The van der Waals surface area contributed by atoms with Crippen molar-refractivity contribution in [2.24, 2.45) is 0 Å². The highest BCUT2D eigenvalue weighted by Gasteiger charge is 2.24. The van der Waals surface area contributed by atoms with Gasteiger partial charge in [0.15, 0.2) is 18.1 Å². The SMILES string of the molecule is C/C=C/c1ccc(OCC(=O)N2CCC(C)Sc3ccccc32)c(OC)c1. The van der Waals surface area contributed by atoms with E-state index < -0.39 is 0 Å². The van der Waals surface area contributed by atoms with E-state index in [1.54, 1.807) is 7.11 Å². The van der Waals surface area contributed by atoms with Crippen LogP contribution in [0.2, 0.25) is 0 Å². The molecule has 0 aromatic heterocycles. The van der Waals surface area contributed by atoms with E-state index in [0.29, 0.717) is 23.3 Å². The van der Waals surface area contributed by atoms with Gasteiger partial charge in [0.1, 0.15) is 0 Å². The Morgan fingerprint density at radius 1 is 1.26 bits per heavy atom. The van der Waals surface area contributed by atoms with Gasteiger partial charge in [0.05, 0.1) is 12.8 Å². The van der Waals surface area contributed by atoms with Gasteiger partial charge in [-0.25, -0.2) is 0 Å². The molecule has 1 aliphatic rings. The van der Waals surface area contributed by atoms with Crippen molar-refractivity contribution in [1.82, 2.24) is 0 Å². The van der Waals surface area contributed by atoms with Crippen molar-refractivity contribution in [1.29, 1.82) is 0 Å². The van der Waals surface area contributed by atoms with E-state index in [9.17, 15) is 4.79 Å². The summed E-state index contributed by atoms with van der Waals surface area (Å²) in [5.74, 6) is 1.15. The smallest absolute Gasteiger partial charge is 0.264 e. The number of allylic oxidation sites excluding steroid dienone is 1. The molecule has 0 bridgehead atoms. The largest absolute Gasteiger partial charge is 0.493 e. The maximum absolute atomic E-state index is 12.9. The lowest BCUT2D eigenvalue weighted by molar-refractivity contribution is -0.120. The van der Waals surface area contributed by atoms with Crippen molar-refractivity contribution in [3.8, 4) is 11.5 Å². The molecule has 5 heteroatoms. The molecule has 0 spiro atoms. The highest BCUT2D eigenvalue weighted by molar-refractivity contribution is 8.00. The van der Waals surface area contributed by atoms with Crippen LogP contribution in [0, 0.1) is 0 Å². The van der Waals surface area contributed by atoms with E-state index in [1.165, 1.54) is 0 Å². The molecule has 0 radical (unpaired) electrons. The van der Waals surface area contributed by atoms with Gasteiger partial charge >= 0.3 is 0 Å². The third-order valence-corrected chi connectivity index (χ3v) is 5.68. The third-order valence-electron chi connectivity index (χ3n) is 4.44. The van der Waals surface area contributed by atoms with Crippen LogP contribution in [0.25, 0.3) is 6.08 Å². The Bertz CT molecular complexity index is 834. The summed E-state index contributed by atoms with van der Waals surface area (Å²) in [6.45, 7) is 4.84. The fraction of sp³-hybridized carbons (Fsp3) is 0.318. The molecule has 0 saturated carbocycles. The number of carbonyl (C=O) groups excluding carboxylic acids is 1. The van der Waals surface area contributed by atoms with Gasteiger partial charge in [-0.05, 0) is 43.2 Å². The van der Waals surface area contributed by atoms with Crippen LogP contribution in [0.4, 0.5) is 5.69 Å². The van der Waals surface area contributed by atoms with Crippen LogP contribution in [0.15, 0.2) is 53.4 Å². The number of methoxy groups -OCH3 is 1. The number of nitrogens with zero attached hydrogens (tertiary/aromatic N) is 1. The minimum Gasteiger partial charge on any atom is -0.493 e. The van der Waals surface area contributed by atoms with Crippen LogP contribution >= 0.6 is 11.8 Å². The fourth-order valence-corrected chi connectivity index (χ4v) is 4.18. The maximum atomic E-state index is 12.9. The number of benzene rings is 2. The Hall–Kier alpha value is -2.40. The number of thioether (sulfide) groups is 1. The monoisotopic (exact) mass is 383 g/mol. The normalized spacial score (nSPS) is 16.7. The minimum atomic E-state index is -0.0447. The highest BCUT2D eigenvalue weighted by atomic mass is 32.2. The molecule has 1 atom stereocenters. The van der Waals surface area contributed by atoms with Crippen molar-refractivity contribution in [2.45, 2.75) is 30.4 Å². The second-order valence-corrected chi connectivity index (χ2v) is 7.91. The number of amides is 1. The molecule has 4 nitrogen and oxygen atoms in total. The molecule has 1 heterocycles. The maximum Gasteiger partial charge on any atom is 0.264 e. The molecular formula is C22H25NO3S. The number of ether oxygens (including phenoxy) is 2. The van der Waals surface area contributed by atoms with Gasteiger partial charge in [-0.15, -0.1) is 11.8 Å². The minimum absolute atomic E-state index is 0.0211. The van der Waals surface area contributed by atoms with Gasteiger partial charge < -0.3 is 14.4 Å². The number of hydrogen-bond acceptors (Lipinski definition) is 4. The Balaban J connectivity index is 1.74. The first-order valence-corrected chi connectivity index (χ1v) is 10.00. The van der Waals surface area contributed by atoms with Crippen LogP contribution in [0.1, 0.15) is 25.8 Å². The Labute approximate surface area is 165 Å². The number of para-hydroxylation sites is 1. The zero-order valence-corrected chi connectivity index (χ0v) is 16.8. The molecule has 1 amide bonds. The molecule has 2 aromatic carbocycles. The van der Waals surface area contributed by atoms with E-state index in [-0.39, 0.29) is 12.5 Å². The average molecular weight is 384 g/mol. The number of anilines is 1. The quantitative estimate of drug-likeness (QED) is 0.726. The Morgan fingerprint density at radius 3 is 2.85 bits per heavy atom. The molecule has 27 heavy (non-hydrogen) atoms. The fourth-order valence-electron chi connectivity index (χ4n) is 3.06. The van der Waals surface area contributed by atoms with Gasteiger partial charge in [-0.2, -0.15) is 0 Å². The lowest BCUT2D eigenvalue weighted by Gasteiger charge is -2.23. The van der Waals surface area contributed by atoms with Crippen LogP contribution in [-0.2, 0) is 4.79 Å². The standard InChI is InChI=1S/C22H25NO3S/c1-4-7-17-10-11-19(20(14-17)25-3)26-15-22(24)23-13-12-16(2)27-21-9-6-5-8-18(21)23/h4-11,14,16H,12-13,15H2,1-3H3/b7-4+. The number of hydrogen-bond donors (Lipinski definition) is 0. The summed E-state index contributed by atoms with van der Waals surface area (Å²) >= 11 is 1.82. The summed E-state index contributed by atoms with van der Waals surface area (Å²) in [5.41, 5.74) is 2.00. The number of rotatable bonds is 5. The summed E-state index contributed by atoms with van der Waals surface area (Å²) in [6.07, 6.45) is 4.91. The van der Waals surface area contributed by atoms with Gasteiger partial charge in [-0.1, -0.05) is 37.3 Å². The zero-order valence-electron chi connectivity index (χ0n) is 16.0. The molecule has 2 aromatic rings. The number of carbonyl (C=O) groups is 1. The van der Waals surface area contributed by atoms with Gasteiger partial charge in [0.2, 0.25) is 0 Å². The topological polar surface area (TPSA) is 38.8 Å². The van der Waals surface area contributed by atoms with Crippen molar-refractivity contribution in [3.05, 3.63) is 54.1 Å². The summed E-state index contributed by atoms with van der Waals surface area (Å²) in [4.78, 5) is 15.9. The lowest BCUT2D eigenvalue weighted by atomic mass is 10.2. The van der Waals surface area contributed by atoms with Crippen molar-refractivity contribution >= 4 is 29.4 Å². The van der Waals surface area contributed by atoms with E-state index in [2.05, 4.69) is 13.0 Å². The highest BCUT2D eigenvalue weighted by Crippen LogP contribution is 2.37. The molecule has 0 N–H and O–H groups in total. The molecule has 0 fully saturated rings. The van der Waals surface area contributed by atoms with E-state index in [4.69, 9.17) is 9.47 Å². The second-order valence-electron chi connectivity index (χ2n) is 6.43. The van der Waals surface area contributed by atoms with Crippen LogP contribution < -0.4 is 14.4 Å². The van der Waals surface area contributed by atoms with Crippen LogP contribution in [-0.4, -0.2) is 31.4 Å². The second kappa shape index (κ2) is 9.00. The van der Waals surface area contributed by atoms with Crippen LogP contribution in [0.3, 0.4) is 0 Å². The molecule has 3 rings (SSSR count). The summed E-state index contributed by atoms with van der Waals surface area (Å²) < 4.78 is 11.2. The summed E-state index contributed by atoms with van der Waals surface area (Å²) in [6, 6.07) is 13.8. The first-order chi connectivity index (χ1) is 13.1. The lowest BCUT2D eigenvalue weighted by Crippen LogP contribution is -2.36. The molecule has 142 valence electrons. The molecule has 0 aliphatic carbocycles. The Kier molecular flexibility index (Phi) is 6.45. The first-order valence-electron chi connectivity index (χ1n) is 9.12. The van der Waals surface area contributed by atoms with E-state index in [0.717, 1.165) is 22.6 Å². The predicted molar refractivity (Wildman–Crippen MR) is 112 cm³/mol. The van der Waals surface area contributed by atoms with Gasteiger partial charge in [0, 0.05) is 16.7 Å². The third kappa shape index (κ3) is 4.66. The molecule has 1 unspecified atom stereocenters. The molecular weight excluding hydrogens is 358 g/mol. The van der Waals surface area contributed by atoms with E-state index in [1.807, 2.05) is 72.1 Å². The average Bonchev–Trinajstić information content (AvgIpc) is 2.85. The molecule has 1 aliphatic heterocycles. The van der Waals surface area contributed by atoms with Gasteiger partial charge in [-0.3, -0.25) is 4.79 Å². The summed E-state index contributed by atoms with van der Waals surface area (Å²) in [7, 11) is 1.60.